The van der Waals surface area contributed by atoms with Crippen LogP contribution in [-0.2, 0) is 4.79 Å². The predicted octanol–water partition coefficient (Wildman–Crippen LogP) is 0.406. The zero-order valence-electron chi connectivity index (χ0n) is 10.8. The summed E-state index contributed by atoms with van der Waals surface area (Å²) in [5, 5.41) is 17.7. The van der Waals surface area contributed by atoms with Crippen LogP contribution in [0.15, 0.2) is 24.3 Å². The Kier molecular flexibility index (Phi) is 6.24. The van der Waals surface area contributed by atoms with Crippen molar-refractivity contribution in [3.8, 4) is 5.75 Å². The number of amides is 1. The van der Waals surface area contributed by atoms with Crippen LogP contribution in [0.1, 0.15) is 6.92 Å². The summed E-state index contributed by atoms with van der Waals surface area (Å²) in [6, 6.07) is 5.81. The topological polar surface area (TPSA) is 70.0 Å². The number of nitrogens with zero attached hydrogens (tertiary/aromatic N) is 1. The van der Waals surface area contributed by atoms with E-state index >= 15 is 0 Å². The van der Waals surface area contributed by atoms with Crippen molar-refractivity contribution in [3.05, 3.63) is 30.1 Å². The molecule has 0 aliphatic rings. The Labute approximate surface area is 111 Å². The van der Waals surface area contributed by atoms with Crippen molar-refractivity contribution in [1.29, 1.82) is 0 Å². The van der Waals surface area contributed by atoms with Gasteiger partial charge in [0.2, 0.25) is 0 Å². The van der Waals surface area contributed by atoms with Gasteiger partial charge in [0.05, 0.1) is 13.2 Å². The molecule has 1 aromatic carbocycles. The largest absolute Gasteiger partial charge is 0.478 e. The average Bonchev–Trinajstić information content (AvgIpc) is 2.40. The van der Waals surface area contributed by atoms with E-state index in [2.05, 4.69) is 0 Å². The van der Waals surface area contributed by atoms with Gasteiger partial charge in [-0.15, -0.1) is 0 Å². The van der Waals surface area contributed by atoms with Gasteiger partial charge in [-0.2, -0.15) is 0 Å². The van der Waals surface area contributed by atoms with E-state index in [1.54, 1.807) is 6.07 Å². The van der Waals surface area contributed by atoms with Crippen LogP contribution >= 0.6 is 0 Å². The molecule has 6 heteroatoms. The van der Waals surface area contributed by atoms with Gasteiger partial charge in [-0.1, -0.05) is 12.1 Å². The predicted molar refractivity (Wildman–Crippen MR) is 67.2 cm³/mol. The highest BCUT2D eigenvalue weighted by Gasteiger charge is 2.22. The molecule has 19 heavy (non-hydrogen) atoms. The Morgan fingerprint density at radius 1 is 1.32 bits per heavy atom. The maximum Gasteiger partial charge on any atom is 0.263 e. The first kappa shape index (κ1) is 15.4. The van der Waals surface area contributed by atoms with E-state index < -0.39 is 17.8 Å². The van der Waals surface area contributed by atoms with Crippen molar-refractivity contribution in [2.75, 3.05) is 26.3 Å². The maximum atomic E-state index is 13.4. The third-order valence-corrected chi connectivity index (χ3v) is 2.54. The molecule has 106 valence electrons. The van der Waals surface area contributed by atoms with Gasteiger partial charge in [0, 0.05) is 13.1 Å². The molecule has 1 amide bonds. The first-order valence-electron chi connectivity index (χ1n) is 6.01. The summed E-state index contributed by atoms with van der Waals surface area (Å²) in [5.41, 5.74) is 0. The van der Waals surface area contributed by atoms with E-state index in [0.717, 1.165) is 0 Å². The van der Waals surface area contributed by atoms with E-state index in [-0.39, 0.29) is 32.1 Å². The molecule has 0 aliphatic heterocycles. The second-order valence-electron chi connectivity index (χ2n) is 3.96. The number of ether oxygens (including phenoxy) is 1. The molecule has 2 N–H and O–H groups in total. The van der Waals surface area contributed by atoms with Crippen molar-refractivity contribution >= 4 is 5.91 Å². The van der Waals surface area contributed by atoms with E-state index in [1.165, 1.54) is 30.0 Å². The fourth-order valence-corrected chi connectivity index (χ4v) is 1.61. The van der Waals surface area contributed by atoms with E-state index in [0.29, 0.717) is 0 Å². The zero-order valence-corrected chi connectivity index (χ0v) is 10.8. The second-order valence-corrected chi connectivity index (χ2v) is 3.96. The number of aliphatic hydroxyl groups is 2. The van der Waals surface area contributed by atoms with Crippen molar-refractivity contribution in [2.24, 2.45) is 0 Å². The van der Waals surface area contributed by atoms with Gasteiger partial charge in [-0.3, -0.25) is 4.79 Å². The summed E-state index contributed by atoms with van der Waals surface area (Å²) in [6.45, 7) is 1.28. The van der Waals surface area contributed by atoms with Crippen molar-refractivity contribution in [1.82, 2.24) is 4.90 Å². The quantitative estimate of drug-likeness (QED) is 0.753. The Morgan fingerprint density at radius 3 is 2.42 bits per heavy atom. The first-order chi connectivity index (χ1) is 9.10. The third-order valence-electron chi connectivity index (χ3n) is 2.54. The van der Waals surface area contributed by atoms with Crippen molar-refractivity contribution in [2.45, 2.75) is 13.0 Å². The Morgan fingerprint density at radius 2 is 1.89 bits per heavy atom. The normalized spacial score (nSPS) is 12.0. The summed E-state index contributed by atoms with van der Waals surface area (Å²) in [7, 11) is 0. The van der Waals surface area contributed by atoms with Gasteiger partial charge in [0.15, 0.2) is 17.7 Å². The number of rotatable bonds is 7. The Hall–Kier alpha value is -1.66. The first-order valence-corrected chi connectivity index (χ1v) is 6.01. The van der Waals surface area contributed by atoms with Gasteiger partial charge >= 0.3 is 0 Å². The zero-order chi connectivity index (χ0) is 14.3. The molecule has 0 radical (unpaired) electrons. The van der Waals surface area contributed by atoms with Crippen LogP contribution in [0.4, 0.5) is 4.39 Å². The van der Waals surface area contributed by atoms with Crippen LogP contribution < -0.4 is 4.74 Å². The SMILES string of the molecule is CC(Oc1ccccc1F)C(=O)N(CCO)CCO. The fourth-order valence-electron chi connectivity index (χ4n) is 1.61. The van der Waals surface area contributed by atoms with E-state index in [4.69, 9.17) is 14.9 Å². The van der Waals surface area contributed by atoms with Crippen LogP contribution in [0, 0.1) is 5.82 Å². The molecule has 0 heterocycles. The van der Waals surface area contributed by atoms with Crippen LogP contribution in [0.3, 0.4) is 0 Å². The number of benzene rings is 1. The lowest BCUT2D eigenvalue weighted by Crippen LogP contribution is -2.43. The van der Waals surface area contributed by atoms with Gasteiger partial charge in [0.25, 0.3) is 5.91 Å². The van der Waals surface area contributed by atoms with Crippen molar-refractivity contribution in [3.63, 3.8) is 0 Å². The van der Waals surface area contributed by atoms with Gasteiger partial charge < -0.3 is 19.8 Å². The van der Waals surface area contributed by atoms with Crippen LogP contribution in [0.5, 0.6) is 5.75 Å². The lowest BCUT2D eigenvalue weighted by molar-refractivity contribution is -0.139. The fraction of sp³-hybridized carbons (Fsp3) is 0.462. The van der Waals surface area contributed by atoms with Gasteiger partial charge in [-0.05, 0) is 19.1 Å². The molecule has 5 nitrogen and oxygen atoms in total. The molecule has 0 bridgehead atoms. The number of carbonyl (C=O) groups is 1. The lowest BCUT2D eigenvalue weighted by Gasteiger charge is -2.24. The van der Waals surface area contributed by atoms with Gasteiger partial charge in [0.1, 0.15) is 0 Å². The van der Waals surface area contributed by atoms with Crippen LogP contribution in [-0.4, -0.2) is 53.4 Å². The molecule has 0 aromatic heterocycles. The minimum Gasteiger partial charge on any atom is -0.478 e. The average molecular weight is 271 g/mol. The smallest absolute Gasteiger partial charge is 0.263 e. The molecule has 0 fully saturated rings. The maximum absolute atomic E-state index is 13.4. The molecule has 1 rings (SSSR count). The van der Waals surface area contributed by atoms with Crippen LogP contribution in [0.2, 0.25) is 0 Å². The highest BCUT2D eigenvalue weighted by Crippen LogP contribution is 2.17. The molecular formula is C13H18FNO4. The monoisotopic (exact) mass is 271 g/mol. The summed E-state index contributed by atoms with van der Waals surface area (Å²) in [4.78, 5) is 13.3. The molecule has 0 saturated heterocycles. The number of carbonyl (C=O) groups excluding carboxylic acids is 1. The summed E-state index contributed by atoms with van der Waals surface area (Å²) >= 11 is 0. The summed E-state index contributed by atoms with van der Waals surface area (Å²) in [5.74, 6) is -0.958. The van der Waals surface area contributed by atoms with Crippen LogP contribution in [0.25, 0.3) is 0 Å². The Balaban J connectivity index is 2.68. The molecule has 1 unspecified atom stereocenters. The Bertz CT molecular complexity index is 407. The second kappa shape index (κ2) is 7.70. The number of para-hydroxylation sites is 1. The minimum absolute atomic E-state index is 0.00343. The number of hydrogen-bond acceptors (Lipinski definition) is 4. The molecule has 1 atom stereocenters. The highest BCUT2D eigenvalue weighted by molar-refractivity contribution is 5.80. The summed E-state index contributed by atoms with van der Waals surface area (Å²) in [6.07, 6.45) is -0.894. The standard InChI is InChI=1S/C13H18FNO4/c1-10(13(18)15(6-8-16)7-9-17)19-12-5-3-2-4-11(12)14/h2-5,10,16-17H,6-9H2,1H3. The molecular weight excluding hydrogens is 253 g/mol. The number of halogens is 1. The van der Waals surface area contributed by atoms with Gasteiger partial charge in [-0.25, -0.2) is 4.39 Å². The molecule has 0 saturated carbocycles. The number of aliphatic hydroxyl groups excluding tert-OH is 2. The molecule has 0 spiro atoms. The molecule has 0 aliphatic carbocycles. The van der Waals surface area contributed by atoms with E-state index in [1.807, 2.05) is 0 Å². The molecule has 1 aromatic rings. The summed E-state index contributed by atoms with van der Waals surface area (Å²) < 4.78 is 18.6. The minimum atomic E-state index is -0.894. The number of hydrogen-bond donors (Lipinski definition) is 2. The lowest BCUT2D eigenvalue weighted by atomic mass is 10.3. The van der Waals surface area contributed by atoms with Crippen molar-refractivity contribution < 1.29 is 24.1 Å². The third kappa shape index (κ3) is 4.50. The highest BCUT2D eigenvalue weighted by atomic mass is 19.1. The van der Waals surface area contributed by atoms with E-state index in [9.17, 15) is 9.18 Å².